The Kier molecular flexibility index (Phi) is 5.76. The summed E-state index contributed by atoms with van der Waals surface area (Å²) in [7, 11) is 2.13. The van der Waals surface area contributed by atoms with Crippen LogP contribution in [-0.4, -0.2) is 55.9 Å². The molecular weight excluding hydrogens is 259 g/mol. The quantitative estimate of drug-likeness (QED) is 0.786. The van der Waals surface area contributed by atoms with Crippen molar-refractivity contribution in [3.63, 3.8) is 0 Å². The number of likely N-dealkylation sites (tertiary alicyclic amines) is 1. The SMILES string of the molecule is CN1CCC(CNCC(O)COc2ccc(F)cc2)C1. The summed E-state index contributed by atoms with van der Waals surface area (Å²) < 4.78 is 18.1. The van der Waals surface area contributed by atoms with Crippen molar-refractivity contribution in [3.05, 3.63) is 30.1 Å². The smallest absolute Gasteiger partial charge is 0.123 e. The molecule has 1 aliphatic rings. The van der Waals surface area contributed by atoms with Gasteiger partial charge in [0.05, 0.1) is 0 Å². The lowest BCUT2D eigenvalue weighted by Gasteiger charge is -2.15. The fourth-order valence-electron chi connectivity index (χ4n) is 2.43. The first-order valence-corrected chi connectivity index (χ1v) is 7.09. The Morgan fingerprint density at radius 2 is 2.20 bits per heavy atom. The Bertz CT molecular complexity index is 399. The van der Waals surface area contributed by atoms with Gasteiger partial charge < -0.3 is 20.1 Å². The molecule has 1 heterocycles. The Hall–Kier alpha value is -1.17. The van der Waals surface area contributed by atoms with Crippen LogP contribution in [0.3, 0.4) is 0 Å². The zero-order valence-electron chi connectivity index (χ0n) is 11.9. The first kappa shape index (κ1) is 15.2. The summed E-state index contributed by atoms with van der Waals surface area (Å²) in [5, 5.41) is 13.1. The molecule has 1 aliphatic heterocycles. The third-order valence-electron chi connectivity index (χ3n) is 3.56. The minimum atomic E-state index is -0.556. The molecule has 2 N–H and O–H groups in total. The molecule has 1 fully saturated rings. The molecule has 4 nitrogen and oxygen atoms in total. The Labute approximate surface area is 119 Å². The van der Waals surface area contributed by atoms with Crippen molar-refractivity contribution in [1.82, 2.24) is 10.2 Å². The maximum Gasteiger partial charge on any atom is 0.123 e. The summed E-state index contributed by atoms with van der Waals surface area (Å²) in [6, 6.07) is 5.81. The second kappa shape index (κ2) is 7.57. The Morgan fingerprint density at radius 1 is 1.45 bits per heavy atom. The van der Waals surface area contributed by atoms with E-state index in [2.05, 4.69) is 17.3 Å². The van der Waals surface area contributed by atoms with Crippen LogP contribution >= 0.6 is 0 Å². The zero-order chi connectivity index (χ0) is 14.4. The molecular formula is C15H23FN2O2. The minimum Gasteiger partial charge on any atom is -0.491 e. The highest BCUT2D eigenvalue weighted by Crippen LogP contribution is 2.13. The number of nitrogens with one attached hydrogen (secondary N) is 1. The molecule has 112 valence electrons. The van der Waals surface area contributed by atoms with Gasteiger partial charge in [-0.15, -0.1) is 0 Å². The van der Waals surface area contributed by atoms with Gasteiger partial charge in [-0.3, -0.25) is 0 Å². The van der Waals surface area contributed by atoms with Gasteiger partial charge in [-0.1, -0.05) is 0 Å². The van der Waals surface area contributed by atoms with Crippen molar-refractivity contribution in [2.45, 2.75) is 12.5 Å². The lowest BCUT2D eigenvalue weighted by molar-refractivity contribution is 0.105. The second-order valence-electron chi connectivity index (χ2n) is 5.49. The van der Waals surface area contributed by atoms with Gasteiger partial charge in [0.1, 0.15) is 24.3 Å². The van der Waals surface area contributed by atoms with E-state index in [0.29, 0.717) is 18.2 Å². The number of hydrogen-bond acceptors (Lipinski definition) is 4. The molecule has 0 radical (unpaired) electrons. The number of nitrogens with zero attached hydrogens (tertiary/aromatic N) is 1. The van der Waals surface area contributed by atoms with Gasteiger partial charge in [0, 0.05) is 13.1 Å². The molecule has 1 aromatic rings. The van der Waals surface area contributed by atoms with Crippen LogP contribution in [0.1, 0.15) is 6.42 Å². The molecule has 1 saturated heterocycles. The molecule has 0 spiro atoms. The van der Waals surface area contributed by atoms with E-state index in [1.54, 1.807) is 12.1 Å². The van der Waals surface area contributed by atoms with Crippen LogP contribution in [-0.2, 0) is 0 Å². The summed E-state index contributed by atoms with van der Waals surface area (Å²) in [6.07, 6.45) is 0.658. The maximum atomic E-state index is 12.7. The monoisotopic (exact) mass is 282 g/mol. The molecule has 2 atom stereocenters. The first-order chi connectivity index (χ1) is 9.63. The Morgan fingerprint density at radius 3 is 2.85 bits per heavy atom. The maximum absolute atomic E-state index is 12.7. The highest BCUT2D eigenvalue weighted by Gasteiger charge is 2.19. The van der Waals surface area contributed by atoms with Crippen LogP contribution in [0.4, 0.5) is 4.39 Å². The van der Waals surface area contributed by atoms with E-state index in [9.17, 15) is 9.50 Å². The number of halogens is 1. The van der Waals surface area contributed by atoms with E-state index in [1.807, 2.05) is 0 Å². The van der Waals surface area contributed by atoms with E-state index < -0.39 is 6.10 Å². The fourth-order valence-corrected chi connectivity index (χ4v) is 2.43. The number of hydrogen-bond donors (Lipinski definition) is 2. The predicted octanol–water partition coefficient (Wildman–Crippen LogP) is 1.11. The average molecular weight is 282 g/mol. The highest BCUT2D eigenvalue weighted by molar-refractivity contribution is 5.22. The van der Waals surface area contributed by atoms with Gasteiger partial charge in [0.2, 0.25) is 0 Å². The predicted molar refractivity (Wildman–Crippen MR) is 76.4 cm³/mol. The normalized spacial score (nSPS) is 21.1. The Balaban J connectivity index is 1.58. The number of ether oxygens (including phenoxy) is 1. The molecule has 0 aromatic heterocycles. The lowest BCUT2D eigenvalue weighted by Crippen LogP contribution is -2.34. The van der Waals surface area contributed by atoms with Gasteiger partial charge in [0.15, 0.2) is 0 Å². The van der Waals surface area contributed by atoms with Crippen molar-refractivity contribution < 1.29 is 14.2 Å². The number of aliphatic hydroxyl groups is 1. The third kappa shape index (κ3) is 5.07. The van der Waals surface area contributed by atoms with Crippen molar-refractivity contribution in [1.29, 1.82) is 0 Å². The molecule has 2 unspecified atom stereocenters. The largest absolute Gasteiger partial charge is 0.491 e. The van der Waals surface area contributed by atoms with Crippen LogP contribution in [0.15, 0.2) is 24.3 Å². The fraction of sp³-hybridized carbons (Fsp3) is 0.600. The van der Waals surface area contributed by atoms with Gasteiger partial charge in [0.25, 0.3) is 0 Å². The van der Waals surface area contributed by atoms with E-state index in [-0.39, 0.29) is 12.4 Å². The topological polar surface area (TPSA) is 44.7 Å². The molecule has 5 heteroatoms. The molecule has 0 saturated carbocycles. The number of benzene rings is 1. The summed E-state index contributed by atoms with van der Waals surface area (Å²) in [4.78, 5) is 2.32. The van der Waals surface area contributed by atoms with Gasteiger partial charge in [-0.25, -0.2) is 4.39 Å². The van der Waals surface area contributed by atoms with Crippen molar-refractivity contribution >= 4 is 0 Å². The summed E-state index contributed by atoms with van der Waals surface area (Å²) in [5.74, 6) is 0.953. The van der Waals surface area contributed by atoms with Crippen LogP contribution in [0.25, 0.3) is 0 Å². The molecule has 20 heavy (non-hydrogen) atoms. The number of aliphatic hydroxyl groups excluding tert-OH is 1. The first-order valence-electron chi connectivity index (χ1n) is 7.09. The minimum absolute atomic E-state index is 0.212. The molecule has 2 rings (SSSR count). The molecule has 0 amide bonds. The van der Waals surface area contributed by atoms with Crippen LogP contribution in [0.2, 0.25) is 0 Å². The van der Waals surface area contributed by atoms with Crippen LogP contribution < -0.4 is 10.1 Å². The van der Waals surface area contributed by atoms with Gasteiger partial charge in [-0.05, 0) is 56.7 Å². The second-order valence-corrected chi connectivity index (χ2v) is 5.49. The summed E-state index contributed by atoms with van der Waals surface area (Å²) >= 11 is 0. The third-order valence-corrected chi connectivity index (χ3v) is 3.56. The lowest BCUT2D eigenvalue weighted by atomic mass is 10.1. The van der Waals surface area contributed by atoms with E-state index >= 15 is 0 Å². The molecule has 0 bridgehead atoms. The van der Waals surface area contributed by atoms with Crippen LogP contribution in [0.5, 0.6) is 5.75 Å². The molecule has 0 aliphatic carbocycles. The van der Waals surface area contributed by atoms with Crippen LogP contribution in [0, 0.1) is 11.7 Å². The van der Waals surface area contributed by atoms with Crippen molar-refractivity contribution in [3.8, 4) is 5.75 Å². The van der Waals surface area contributed by atoms with Crippen molar-refractivity contribution in [2.75, 3.05) is 39.8 Å². The summed E-state index contributed by atoms with van der Waals surface area (Å²) in [5.41, 5.74) is 0. The van der Waals surface area contributed by atoms with E-state index in [1.165, 1.54) is 18.6 Å². The standard InChI is InChI=1S/C15H23FN2O2/c1-18-7-6-12(10-18)8-17-9-14(19)11-20-15-4-2-13(16)3-5-15/h2-5,12,14,17,19H,6-11H2,1H3. The molecule has 1 aromatic carbocycles. The van der Waals surface area contributed by atoms with Crippen molar-refractivity contribution in [2.24, 2.45) is 5.92 Å². The number of rotatable bonds is 7. The average Bonchev–Trinajstić information content (AvgIpc) is 2.84. The zero-order valence-corrected chi connectivity index (χ0v) is 11.9. The van der Waals surface area contributed by atoms with Gasteiger partial charge >= 0.3 is 0 Å². The summed E-state index contributed by atoms with van der Waals surface area (Å²) in [6.45, 7) is 3.93. The van der Waals surface area contributed by atoms with E-state index in [4.69, 9.17) is 4.74 Å². The highest BCUT2D eigenvalue weighted by atomic mass is 19.1. The van der Waals surface area contributed by atoms with E-state index in [0.717, 1.165) is 19.6 Å². The van der Waals surface area contributed by atoms with Gasteiger partial charge in [-0.2, -0.15) is 0 Å².